The van der Waals surface area contributed by atoms with E-state index in [-0.39, 0.29) is 11.5 Å². The first-order valence-electron chi connectivity index (χ1n) is 6.16. The van der Waals surface area contributed by atoms with E-state index in [1.807, 2.05) is 13.8 Å². The molecule has 0 bridgehead atoms. The number of aryl methyl sites for hydroxylation is 1. The van der Waals surface area contributed by atoms with Crippen LogP contribution in [-0.2, 0) is 28.4 Å². The van der Waals surface area contributed by atoms with Crippen LogP contribution in [0.2, 0.25) is 0 Å². The normalized spacial score (nSPS) is 20.6. The summed E-state index contributed by atoms with van der Waals surface area (Å²) in [6.07, 6.45) is 1.53. The van der Waals surface area contributed by atoms with Crippen molar-refractivity contribution >= 4 is 10.0 Å². The number of aromatic nitrogens is 1. The highest BCUT2D eigenvalue weighted by molar-refractivity contribution is 7.89. The standard InChI is InChI=1S/C12H20N2O4S/c1-12(2)9-14(4-5-18-12)19(16,17)11-6-10(8-15)13(3)7-11/h6-7,15H,4-5,8-9H2,1-3H3. The fraction of sp³-hybridized carbons (Fsp3) is 0.667. The van der Waals surface area contributed by atoms with Crippen LogP contribution in [0.4, 0.5) is 0 Å². The Kier molecular flexibility index (Phi) is 3.74. The van der Waals surface area contributed by atoms with E-state index in [1.165, 1.54) is 16.6 Å². The fourth-order valence-electron chi connectivity index (χ4n) is 2.20. The van der Waals surface area contributed by atoms with Gasteiger partial charge >= 0.3 is 0 Å². The highest BCUT2D eigenvalue weighted by Gasteiger charge is 2.35. The van der Waals surface area contributed by atoms with Gasteiger partial charge in [-0.2, -0.15) is 4.31 Å². The zero-order valence-electron chi connectivity index (χ0n) is 11.5. The van der Waals surface area contributed by atoms with Gasteiger partial charge in [0, 0.05) is 32.0 Å². The van der Waals surface area contributed by atoms with E-state index < -0.39 is 15.6 Å². The quantitative estimate of drug-likeness (QED) is 0.869. The predicted molar refractivity (Wildman–Crippen MR) is 70.1 cm³/mol. The summed E-state index contributed by atoms with van der Waals surface area (Å²) in [7, 11) is -1.81. The highest BCUT2D eigenvalue weighted by Crippen LogP contribution is 2.24. The van der Waals surface area contributed by atoms with Crippen LogP contribution in [0.25, 0.3) is 0 Å². The Morgan fingerprint density at radius 2 is 2.16 bits per heavy atom. The maximum atomic E-state index is 12.5. The van der Waals surface area contributed by atoms with Crippen molar-refractivity contribution in [2.45, 2.75) is 31.0 Å². The SMILES string of the molecule is Cn1cc(S(=O)(=O)N2CCOC(C)(C)C2)cc1CO. The Morgan fingerprint density at radius 3 is 2.68 bits per heavy atom. The molecule has 0 atom stereocenters. The fourth-order valence-corrected chi connectivity index (χ4v) is 3.87. The third kappa shape index (κ3) is 2.84. The zero-order valence-corrected chi connectivity index (χ0v) is 12.3. The molecule has 1 saturated heterocycles. The van der Waals surface area contributed by atoms with Gasteiger partial charge in [0.25, 0.3) is 0 Å². The van der Waals surface area contributed by atoms with Gasteiger partial charge in [0.1, 0.15) is 4.90 Å². The van der Waals surface area contributed by atoms with E-state index in [1.54, 1.807) is 11.6 Å². The number of morpholine rings is 1. The Hall–Kier alpha value is -0.890. The molecule has 1 aliphatic rings. The zero-order chi connectivity index (χ0) is 14.3. The van der Waals surface area contributed by atoms with Gasteiger partial charge in [-0.1, -0.05) is 0 Å². The lowest BCUT2D eigenvalue weighted by Crippen LogP contribution is -2.50. The molecular weight excluding hydrogens is 268 g/mol. The molecule has 1 aromatic heterocycles. The third-order valence-corrected chi connectivity index (χ3v) is 5.08. The molecule has 0 aliphatic carbocycles. The lowest BCUT2D eigenvalue weighted by Gasteiger charge is -2.37. The number of rotatable bonds is 3. The van der Waals surface area contributed by atoms with Crippen molar-refractivity contribution in [1.82, 2.24) is 8.87 Å². The summed E-state index contributed by atoms with van der Waals surface area (Å²) in [5.74, 6) is 0. The molecular formula is C12H20N2O4S. The number of aliphatic hydroxyl groups is 1. The molecule has 1 N–H and O–H groups in total. The summed E-state index contributed by atoms with van der Waals surface area (Å²) >= 11 is 0. The van der Waals surface area contributed by atoms with Crippen molar-refractivity contribution < 1.29 is 18.3 Å². The molecule has 19 heavy (non-hydrogen) atoms. The number of sulfonamides is 1. The average molecular weight is 288 g/mol. The number of ether oxygens (including phenoxy) is 1. The molecule has 6 nitrogen and oxygen atoms in total. The van der Waals surface area contributed by atoms with Crippen LogP contribution in [0.1, 0.15) is 19.5 Å². The van der Waals surface area contributed by atoms with Gasteiger partial charge in [0.15, 0.2) is 0 Å². The predicted octanol–water partition coefficient (Wildman–Crippen LogP) is 0.317. The van der Waals surface area contributed by atoms with Crippen molar-refractivity contribution in [1.29, 1.82) is 0 Å². The molecule has 1 aromatic rings. The van der Waals surface area contributed by atoms with Gasteiger partial charge in [-0.15, -0.1) is 0 Å². The molecule has 0 spiro atoms. The average Bonchev–Trinajstić information content (AvgIpc) is 2.70. The monoisotopic (exact) mass is 288 g/mol. The molecule has 2 rings (SSSR count). The van der Waals surface area contributed by atoms with Gasteiger partial charge in [-0.05, 0) is 19.9 Å². The third-order valence-electron chi connectivity index (χ3n) is 3.27. The number of nitrogens with zero attached hydrogens (tertiary/aromatic N) is 2. The van der Waals surface area contributed by atoms with E-state index in [2.05, 4.69) is 0 Å². The number of hydrogen-bond acceptors (Lipinski definition) is 4. The summed E-state index contributed by atoms with van der Waals surface area (Å²) in [5.41, 5.74) is 0.103. The molecule has 0 radical (unpaired) electrons. The lowest BCUT2D eigenvalue weighted by molar-refractivity contribution is -0.0640. The summed E-state index contributed by atoms with van der Waals surface area (Å²) in [6, 6.07) is 1.51. The van der Waals surface area contributed by atoms with Crippen molar-refractivity contribution in [3.05, 3.63) is 18.0 Å². The smallest absolute Gasteiger partial charge is 0.244 e. The van der Waals surface area contributed by atoms with Crippen LogP contribution in [0.3, 0.4) is 0 Å². The Morgan fingerprint density at radius 1 is 1.47 bits per heavy atom. The maximum absolute atomic E-state index is 12.5. The van der Waals surface area contributed by atoms with E-state index in [4.69, 9.17) is 9.84 Å². The molecule has 0 amide bonds. The Balaban J connectivity index is 2.31. The first-order chi connectivity index (χ1) is 8.76. The van der Waals surface area contributed by atoms with Gasteiger partial charge in [-0.25, -0.2) is 8.42 Å². The van der Waals surface area contributed by atoms with E-state index >= 15 is 0 Å². The summed E-state index contributed by atoms with van der Waals surface area (Å²) in [4.78, 5) is 0.219. The van der Waals surface area contributed by atoms with E-state index in [0.29, 0.717) is 25.4 Å². The molecule has 0 saturated carbocycles. The second-order valence-corrected chi connectivity index (χ2v) is 7.32. The van der Waals surface area contributed by atoms with E-state index in [0.717, 1.165) is 0 Å². The van der Waals surface area contributed by atoms with Gasteiger partial charge in [0.05, 0.1) is 18.8 Å². The minimum atomic E-state index is -3.52. The second kappa shape index (κ2) is 4.90. The van der Waals surface area contributed by atoms with Crippen LogP contribution in [0.15, 0.2) is 17.2 Å². The summed E-state index contributed by atoms with van der Waals surface area (Å²) in [6.45, 7) is 4.65. The minimum Gasteiger partial charge on any atom is -0.390 e. The Labute approximate surface area is 113 Å². The first-order valence-corrected chi connectivity index (χ1v) is 7.60. The summed E-state index contributed by atoms with van der Waals surface area (Å²) < 4.78 is 33.7. The lowest BCUT2D eigenvalue weighted by atomic mass is 10.1. The molecule has 2 heterocycles. The number of hydrogen-bond donors (Lipinski definition) is 1. The van der Waals surface area contributed by atoms with Crippen LogP contribution in [0, 0.1) is 0 Å². The molecule has 108 valence electrons. The maximum Gasteiger partial charge on any atom is 0.244 e. The van der Waals surface area contributed by atoms with Crippen molar-refractivity contribution in [2.75, 3.05) is 19.7 Å². The summed E-state index contributed by atoms with van der Waals surface area (Å²) in [5, 5.41) is 9.14. The van der Waals surface area contributed by atoms with Crippen LogP contribution in [-0.4, -0.2) is 47.7 Å². The second-order valence-electron chi connectivity index (χ2n) is 5.38. The molecule has 1 aliphatic heterocycles. The topological polar surface area (TPSA) is 71.8 Å². The van der Waals surface area contributed by atoms with Crippen molar-refractivity contribution in [2.24, 2.45) is 7.05 Å². The van der Waals surface area contributed by atoms with Crippen molar-refractivity contribution in [3.63, 3.8) is 0 Å². The molecule has 7 heteroatoms. The van der Waals surface area contributed by atoms with Gasteiger partial charge in [-0.3, -0.25) is 0 Å². The first kappa shape index (κ1) is 14.5. The van der Waals surface area contributed by atoms with Crippen LogP contribution < -0.4 is 0 Å². The van der Waals surface area contributed by atoms with Gasteiger partial charge in [0.2, 0.25) is 10.0 Å². The number of aliphatic hydroxyl groups excluding tert-OH is 1. The Bertz CT molecular complexity index is 562. The van der Waals surface area contributed by atoms with Crippen LogP contribution in [0.5, 0.6) is 0 Å². The largest absolute Gasteiger partial charge is 0.390 e. The highest BCUT2D eigenvalue weighted by atomic mass is 32.2. The van der Waals surface area contributed by atoms with Gasteiger partial charge < -0.3 is 14.4 Å². The molecule has 1 fully saturated rings. The van der Waals surface area contributed by atoms with E-state index in [9.17, 15) is 8.42 Å². The molecule has 0 unspecified atom stereocenters. The van der Waals surface area contributed by atoms with Crippen LogP contribution >= 0.6 is 0 Å². The minimum absolute atomic E-state index is 0.180. The molecule has 0 aromatic carbocycles. The van der Waals surface area contributed by atoms with Crippen molar-refractivity contribution in [3.8, 4) is 0 Å².